The van der Waals surface area contributed by atoms with E-state index in [-0.39, 0.29) is 5.56 Å². The third kappa shape index (κ3) is 11.1. The van der Waals surface area contributed by atoms with E-state index in [1.54, 1.807) is 6.07 Å². The number of carbonyl (C=O) groups excluding carboxylic acids is 1. The SMILES string of the molecule is CCCCCCCCCc1cnc(-c2ccc(OCc3ccc(C(=O)[O-])c(CCCCCCCC)c3)cc2)nc1. The van der Waals surface area contributed by atoms with E-state index in [1.807, 2.05) is 48.8 Å². The number of hydrogen-bond donors (Lipinski definition) is 0. The molecular weight excluding hydrogens is 496 g/mol. The van der Waals surface area contributed by atoms with Gasteiger partial charge in [-0.05, 0) is 66.6 Å². The Kier molecular flexibility index (Phi) is 14.2. The Morgan fingerprint density at radius 1 is 0.700 bits per heavy atom. The number of carboxylic acids is 1. The van der Waals surface area contributed by atoms with E-state index >= 15 is 0 Å². The first-order valence-electron chi connectivity index (χ1n) is 15.5. The second-order valence-electron chi connectivity index (χ2n) is 10.9. The van der Waals surface area contributed by atoms with Gasteiger partial charge in [-0.25, -0.2) is 9.97 Å². The van der Waals surface area contributed by atoms with E-state index in [0.29, 0.717) is 12.4 Å². The summed E-state index contributed by atoms with van der Waals surface area (Å²) in [4.78, 5) is 20.8. The Hall–Kier alpha value is -3.21. The lowest BCUT2D eigenvalue weighted by molar-refractivity contribution is -0.255. The Balaban J connectivity index is 1.47. The number of benzene rings is 2. The minimum absolute atomic E-state index is 0.287. The Bertz CT molecular complexity index is 1130. The molecule has 2 aromatic carbocycles. The second-order valence-corrected chi connectivity index (χ2v) is 10.9. The number of carboxylic acid groups (broad SMARTS) is 1. The fourth-order valence-electron chi connectivity index (χ4n) is 5.02. The normalized spacial score (nSPS) is 11.1. The molecule has 0 bridgehead atoms. The summed E-state index contributed by atoms with van der Waals surface area (Å²) in [6, 6.07) is 13.2. The largest absolute Gasteiger partial charge is 0.545 e. The van der Waals surface area contributed by atoms with Gasteiger partial charge < -0.3 is 14.6 Å². The van der Waals surface area contributed by atoms with Crippen molar-refractivity contribution in [1.82, 2.24) is 9.97 Å². The van der Waals surface area contributed by atoms with E-state index in [9.17, 15) is 9.90 Å². The van der Waals surface area contributed by atoms with Crippen molar-refractivity contribution >= 4 is 5.97 Å². The number of aromatic carboxylic acids is 1. The van der Waals surface area contributed by atoms with Gasteiger partial charge in [0.25, 0.3) is 0 Å². The summed E-state index contributed by atoms with van der Waals surface area (Å²) in [5.74, 6) is 0.352. The van der Waals surface area contributed by atoms with Crippen molar-refractivity contribution in [2.75, 3.05) is 0 Å². The van der Waals surface area contributed by atoms with Crippen LogP contribution in [0.4, 0.5) is 0 Å². The molecule has 0 N–H and O–H groups in total. The number of hydrogen-bond acceptors (Lipinski definition) is 5. The fraction of sp³-hybridized carbons (Fsp3) is 0.514. The topological polar surface area (TPSA) is 75.1 Å². The highest BCUT2D eigenvalue weighted by Gasteiger charge is 2.08. The fourth-order valence-corrected chi connectivity index (χ4v) is 5.02. The van der Waals surface area contributed by atoms with Gasteiger partial charge in [-0.1, -0.05) is 103 Å². The van der Waals surface area contributed by atoms with Crippen LogP contribution in [-0.2, 0) is 19.4 Å². The number of aryl methyl sites for hydroxylation is 2. The van der Waals surface area contributed by atoms with Crippen molar-refractivity contribution in [3.63, 3.8) is 0 Å². The molecule has 5 heteroatoms. The van der Waals surface area contributed by atoms with Crippen molar-refractivity contribution in [3.8, 4) is 17.1 Å². The van der Waals surface area contributed by atoms with Crippen molar-refractivity contribution in [3.05, 3.63) is 77.1 Å². The molecule has 5 nitrogen and oxygen atoms in total. The van der Waals surface area contributed by atoms with E-state index in [0.717, 1.165) is 48.1 Å². The molecule has 0 aliphatic carbocycles. The zero-order chi connectivity index (χ0) is 28.4. The summed E-state index contributed by atoms with van der Waals surface area (Å²) in [7, 11) is 0. The zero-order valence-electron chi connectivity index (χ0n) is 24.6. The van der Waals surface area contributed by atoms with Gasteiger partial charge in [0.05, 0.1) is 5.97 Å². The summed E-state index contributed by atoms with van der Waals surface area (Å²) in [6.07, 6.45) is 21.8. The number of nitrogens with zero attached hydrogens (tertiary/aromatic N) is 2. The van der Waals surface area contributed by atoms with Crippen LogP contribution in [0.2, 0.25) is 0 Å². The molecule has 0 amide bonds. The highest BCUT2D eigenvalue weighted by Crippen LogP contribution is 2.22. The van der Waals surface area contributed by atoms with Crippen molar-refractivity contribution in [2.45, 2.75) is 117 Å². The molecule has 216 valence electrons. The predicted molar refractivity (Wildman–Crippen MR) is 161 cm³/mol. The monoisotopic (exact) mass is 543 g/mol. The molecule has 0 fully saturated rings. The van der Waals surface area contributed by atoms with E-state index in [2.05, 4.69) is 23.8 Å². The van der Waals surface area contributed by atoms with Crippen LogP contribution in [0.3, 0.4) is 0 Å². The van der Waals surface area contributed by atoms with Crippen LogP contribution in [0.1, 0.15) is 124 Å². The zero-order valence-corrected chi connectivity index (χ0v) is 24.6. The minimum atomic E-state index is -1.11. The maximum Gasteiger partial charge on any atom is 0.159 e. The van der Waals surface area contributed by atoms with Crippen molar-refractivity contribution in [1.29, 1.82) is 0 Å². The third-order valence-corrected chi connectivity index (χ3v) is 7.48. The second kappa shape index (κ2) is 18.2. The molecule has 0 atom stereocenters. The molecule has 0 aliphatic heterocycles. The molecular formula is C35H47N2O3-. The number of carbonyl (C=O) groups is 1. The molecule has 0 radical (unpaired) electrons. The molecule has 1 heterocycles. The van der Waals surface area contributed by atoms with E-state index in [1.165, 1.54) is 76.2 Å². The molecule has 0 saturated carbocycles. The van der Waals surface area contributed by atoms with E-state index in [4.69, 9.17) is 4.74 Å². The summed E-state index contributed by atoms with van der Waals surface area (Å²) < 4.78 is 6.01. The van der Waals surface area contributed by atoms with Crippen LogP contribution in [0, 0.1) is 0 Å². The Morgan fingerprint density at radius 2 is 1.27 bits per heavy atom. The van der Waals surface area contributed by atoms with Gasteiger partial charge >= 0.3 is 0 Å². The molecule has 0 spiro atoms. The Morgan fingerprint density at radius 3 is 1.88 bits per heavy atom. The van der Waals surface area contributed by atoms with Crippen LogP contribution < -0.4 is 9.84 Å². The van der Waals surface area contributed by atoms with Crippen molar-refractivity contribution < 1.29 is 14.6 Å². The van der Waals surface area contributed by atoms with Crippen LogP contribution >= 0.6 is 0 Å². The van der Waals surface area contributed by atoms with E-state index < -0.39 is 5.97 Å². The Labute approximate surface area is 241 Å². The molecule has 0 aliphatic rings. The number of aromatic nitrogens is 2. The summed E-state index contributed by atoms with van der Waals surface area (Å²) in [6.45, 7) is 4.84. The molecule has 1 aromatic heterocycles. The quantitative estimate of drug-likeness (QED) is 0.134. The molecule has 40 heavy (non-hydrogen) atoms. The van der Waals surface area contributed by atoms with Crippen LogP contribution in [-0.4, -0.2) is 15.9 Å². The number of unbranched alkanes of at least 4 members (excludes halogenated alkanes) is 11. The lowest BCUT2D eigenvalue weighted by Crippen LogP contribution is -2.24. The van der Waals surface area contributed by atoms with Crippen LogP contribution in [0.15, 0.2) is 54.9 Å². The van der Waals surface area contributed by atoms with Gasteiger partial charge in [0.1, 0.15) is 12.4 Å². The lowest BCUT2D eigenvalue weighted by Gasteiger charge is -2.14. The average molecular weight is 544 g/mol. The third-order valence-electron chi connectivity index (χ3n) is 7.48. The predicted octanol–water partition coefficient (Wildman–Crippen LogP) is 8.28. The summed E-state index contributed by atoms with van der Waals surface area (Å²) in [5.41, 5.74) is 4.22. The highest BCUT2D eigenvalue weighted by atomic mass is 16.5. The maximum absolute atomic E-state index is 11.6. The van der Waals surface area contributed by atoms with Gasteiger partial charge in [-0.2, -0.15) is 0 Å². The van der Waals surface area contributed by atoms with Gasteiger partial charge in [0, 0.05) is 23.5 Å². The molecule has 3 aromatic rings. The van der Waals surface area contributed by atoms with Crippen LogP contribution in [0.25, 0.3) is 11.4 Å². The first-order valence-corrected chi connectivity index (χ1v) is 15.5. The van der Waals surface area contributed by atoms with Gasteiger partial charge in [0.2, 0.25) is 0 Å². The minimum Gasteiger partial charge on any atom is -0.545 e. The lowest BCUT2D eigenvalue weighted by atomic mass is 9.98. The maximum atomic E-state index is 11.6. The van der Waals surface area contributed by atoms with Gasteiger partial charge in [0.15, 0.2) is 5.82 Å². The van der Waals surface area contributed by atoms with Gasteiger partial charge in [-0.15, -0.1) is 0 Å². The molecule has 0 saturated heterocycles. The smallest absolute Gasteiger partial charge is 0.159 e. The summed E-state index contributed by atoms with van der Waals surface area (Å²) in [5, 5.41) is 11.6. The summed E-state index contributed by atoms with van der Waals surface area (Å²) >= 11 is 0. The highest BCUT2D eigenvalue weighted by molar-refractivity contribution is 5.87. The van der Waals surface area contributed by atoms with Crippen molar-refractivity contribution in [2.24, 2.45) is 0 Å². The number of ether oxygens (including phenoxy) is 1. The first-order chi connectivity index (χ1) is 19.6. The van der Waals surface area contributed by atoms with Crippen LogP contribution in [0.5, 0.6) is 5.75 Å². The first kappa shape index (κ1) is 31.3. The molecule has 0 unspecified atom stereocenters. The average Bonchev–Trinajstić information content (AvgIpc) is 2.98. The molecule has 3 rings (SSSR count). The number of rotatable bonds is 20. The van der Waals surface area contributed by atoms with Gasteiger partial charge in [-0.3, -0.25) is 0 Å². The standard InChI is InChI=1S/C35H48N2O3/c1-3-5-7-9-11-12-14-16-29-25-36-34(37-26-29)30-19-21-32(22-20-30)40-27-28-18-23-33(35(38)39)31(24-28)17-15-13-10-8-6-4-2/h18-26H,3-17,27H2,1-2H3,(H,38,39)/p-1.